The van der Waals surface area contributed by atoms with Crippen LogP contribution in [0.5, 0.6) is 5.75 Å². The summed E-state index contributed by atoms with van der Waals surface area (Å²) in [5.74, 6) is 1.37. The van der Waals surface area contributed by atoms with E-state index < -0.39 is 0 Å². The Morgan fingerprint density at radius 3 is 3.06 bits per heavy atom. The minimum Gasteiger partial charge on any atom is -0.492 e. The molecule has 1 aromatic rings. The monoisotopic (exact) mass is 257 g/mol. The first-order chi connectivity index (χ1) is 8.16. The third-order valence-electron chi connectivity index (χ3n) is 3.31. The Hall–Kier alpha value is -0.800. The number of halogens is 2. The van der Waals surface area contributed by atoms with E-state index in [1.165, 1.54) is 12.1 Å². The summed E-state index contributed by atoms with van der Waals surface area (Å²) in [7, 11) is 0. The predicted octanol–water partition coefficient (Wildman–Crippen LogP) is 3.10. The summed E-state index contributed by atoms with van der Waals surface area (Å²) in [4.78, 5) is 0. The van der Waals surface area contributed by atoms with Gasteiger partial charge in [0.2, 0.25) is 0 Å². The number of nitrogens with one attached hydrogen (secondary N) is 1. The van der Waals surface area contributed by atoms with Crippen molar-refractivity contribution in [1.82, 2.24) is 5.32 Å². The first-order valence-electron chi connectivity index (χ1n) is 5.95. The summed E-state index contributed by atoms with van der Waals surface area (Å²) in [6.07, 6.45) is 1.11. The highest BCUT2D eigenvalue weighted by Gasteiger charge is 2.21. The second-order valence-electron chi connectivity index (χ2n) is 4.62. The van der Waals surface area contributed by atoms with E-state index in [0.29, 0.717) is 29.2 Å². The van der Waals surface area contributed by atoms with Gasteiger partial charge in [0.05, 0.1) is 11.6 Å². The molecule has 0 radical (unpaired) electrons. The zero-order valence-corrected chi connectivity index (χ0v) is 10.6. The number of hydrogen-bond acceptors (Lipinski definition) is 2. The molecule has 0 amide bonds. The summed E-state index contributed by atoms with van der Waals surface area (Å²) < 4.78 is 18.5. The molecule has 94 valence electrons. The molecule has 0 unspecified atom stereocenters. The Kier molecular flexibility index (Phi) is 4.24. The van der Waals surface area contributed by atoms with Crippen LogP contribution in [0.3, 0.4) is 0 Å². The highest BCUT2D eigenvalue weighted by molar-refractivity contribution is 6.32. The summed E-state index contributed by atoms with van der Waals surface area (Å²) >= 11 is 5.91. The maximum absolute atomic E-state index is 12.9. The molecule has 1 fully saturated rings. The van der Waals surface area contributed by atoms with Gasteiger partial charge in [0.1, 0.15) is 11.6 Å². The van der Waals surface area contributed by atoms with Gasteiger partial charge in [-0.3, -0.25) is 0 Å². The minimum absolute atomic E-state index is 0.336. The molecule has 0 aliphatic carbocycles. The van der Waals surface area contributed by atoms with Crippen LogP contribution < -0.4 is 10.1 Å². The van der Waals surface area contributed by atoms with E-state index in [9.17, 15) is 4.39 Å². The Morgan fingerprint density at radius 1 is 1.53 bits per heavy atom. The van der Waals surface area contributed by atoms with E-state index in [-0.39, 0.29) is 5.82 Å². The van der Waals surface area contributed by atoms with E-state index in [4.69, 9.17) is 16.3 Å². The number of rotatable bonds is 3. The molecule has 17 heavy (non-hydrogen) atoms. The topological polar surface area (TPSA) is 21.3 Å². The summed E-state index contributed by atoms with van der Waals surface area (Å²) in [5.41, 5.74) is 0. The van der Waals surface area contributed by atoms with Crippen LogP contribution in [0.4, 0.5) is 4.39 Å². The molecule has 2 rings (SSSR count). The summed E-state index contributed by atoms with van der Waals surface area (Å²) in [6, 6.07) is 4.24. The third kappa shape index (κ3) is 3.33. The molecule has 1 aliphatic rings. The normalized spacial score (nSPS) is 24.6. The molecule has 2 nitrogen and oxygen atoms in total. The lowest BCUT2D eigenvalue weighted by Crippen LogP contribution is -2.37. The Balaban J connectivity index is 1.92. The van der Waals surface area contributed by atoms with Gasteiger partial charge in [-0.25, -0.2) is 4.39 Å². The Labute approximate surface area is 106 Å². The highest BCUT2D eigenvalue weighted by atomic mass is 35.5. The largest absolute Gasteiger partial charge is 0.492 e. The van der Waals surface area contributed by atoms with Crippen LogP contribution in [0.15, 0.2) is 18.2 Å². The van der Waals surface area contributed by atoms with Crippen molar-refractivity contribution in [3.63, 3.8) is 0 Å². The molecule has 0 saturated carbocycles. The van der Waals surface area contributed by atoms with Crippen LogP contribution in [0, 0.1) is 17.7 Å². The Morgan fingerprint density at radius 2 is 2.35 bits per heavy atom. The fourth-order valence-corrected chi connectivity index (χ4v) is 2.33. The zero-order chi connectivity index (χ0) is 12.3. The molecule has 0 bridgehead atoms. The van der Waals surface area contributed by atoms with E-state index in [1.54, 1.807) is 6.07 Å². The SMILES string of the molecule is C[C@H]1CNCC[C@H]1COc1ccc(F)cc1Cl. The lowest BCUT2D eigenvalue weighted by Gasteiger charge is -2.29. The van der Waals surface area contributed by atoms with Crippen molar-refractivity contribution < 1.29 is 9.13 Å². The fraction of sp³-hybridized carbons (Fsp3) is 0.538. The van der Waals surface area contributed by atoms with Crippen LogP contribution in [-0.2, 0) is 0 Å². The average molecular weight is 258 g/mol. The second kappa shape index (κ2) is 5.69. The van der Waals surface area contributed by atoms with Gasteiger partial charge in [0, 0.05) is 0 Å². The van der Waals surface area contributed by atoms with E-state index in [0.717, 1.165) is 19.5 Å². The third-order valence-corrected chi connectivity index (χ3v) is 3.61. The van der Waals surface area contributed by atoms with Crippen molar-refractivity contribution in [2.45, 2.75) is 13.3 Å². The van der Waals surface area contributed by atoms with Crippen LogP contribution in [0.25, 0.3) is 0 Å². The maximum atomic E-state index is 12.9. The average Bonchev–Trinajstić information content (AvgIpc) is 2.30. The molecule has 1 saturated heterocycles. The molecule has 0 aromatic heterocycles. The van der Waals surface area contributed by atoms with Gasteiger partial charge in [-0.15, -0.1) is 0 Å². The number of hydrogen-bond donors (Lipinski definition) is 1. The minimum atomic E-state index is -0.336. The first kappa shape index (κ1) is 12.7. The molecular weight excluding hydrogens is 241 g/mol. The lowest BCUT2D eigenvalue weighted by molar-refractivity contribution is 0.169. The fourth-order valence-electron chi connectivity index (χ4n) is 2.11. The standard InChI is InChI=1S/C13H17ClFNO/c1-9-7-16-5-4-10(9)8-17-13-3-2-11(15)6-12(13)14/h2-3,6,9-10,16H,4-5,7-8H2,1H3/t9-,10-/m0/s1. The molecule has 0 spiro atoms. The molecule has 1 heterocycles. The lowest BCUT2D eigenvalue weighted by atomic mass is 9.89. The van der Waals surface area contributed by atoms with Crippen molar-refractivity contribution >= 4 is 11.6 Å². The molecule has 1 aliphatic heterocycles. The summed E-state index contributed by atoms with van der Waals surface area (Å²) in [6.45, 7) is 4.93. The van der Waals surface area contributed by atoms with Crippen LogP contribution >= 0.6 is 11.6 Å². The zero-order valence-electron chi connectivity index (χ0n) is 9.88. The molecule has 1 aromatic carbocycles. The predicted molar refractivity (Wildman–Crippen MR) is 67.0 cm³/mol. The van der Waals surface area contributed by atoms with Gasteiger partial charge in [-0.05, 0) is 49.5 Å². The van der Waals surface area contributed by atoms with Gasteiger partial charge in [0.15, 0.2) is 0 Å². The van der Waals surface area contributed by atoms with E-state index in [1.807, 2.05) is 0 Å². The van der Waals surface area contributed by atoms with Crippen LogP contribution in [0.2, 0.25) is 5.02 Å². The van der Waals surface area contributed by atoms with Crippen LogP contribution in [0.1, 0.15) is 13.3 Å². The molecule has 2 atom stereocenters. The maximum Gasteiger partial charge on any atom is 0.138 e. The van der Waals surface area contributed by atoms with Crippen molar-refractivity contribution in [2.24, 2.45) is 11.8 Å². The van der Waals surface area contributed by atoms with Gasteiger partial charge in [-0.1, -0.05) is 18.5 Å². The van der Waals surface area contributed by atoms with Crippen LogP contribution in [-0.4, -0.2) is 19.7 Å². The van der Waals surface area contributed by atoms with Gasteiger partial charge < -0.3 is 10.1 Å². The molecule has 1 N–H and O–H groups in total. The molecular formula is C13H17ClFNO. The second-order valence-corrected chi connectivity index (χ2v) is 5.02. The smallest absolute Gasteiger partial charge is 0.138 e. The number of benzene rings is 1. The van der Waals surface area contributed by atoms with E-state index in [2.05, 4.69) is 12.2 Å². The number of ether oxygens (including phenoxy) is 1. The number of piperidine rings is 1. The van der Waals surface area contributed by atoms with Crippen molar-refractivity contribution in [1.29, 1.82) is 0 Å². The quantitative estimate of drug-likeness (QED) is 0.899. The van der Waals surface area contributed by atoms with Gasteiger partial charge >= 0.3 is 0 Å². The Bertz CT molecular complexity index is 386. The first-order valence-corrected chi connectivity index (χ1v) is 6.33. The van der Waals surface area contributed by atoms with E-state index >= 15 is 0 Å². The van der Waals surface area contributed by atoms with Crippen molar-refractivity contribution in [3.05, 3.63) is 29.0 Å². The molecule has 4 heteroatoms. The van der Waals surface area contributed by atoms with Gasteiger partial charge in [0.25, 0.3) is 0 Å². The van der Waals surface area contributed by atoms with Crippen molar-refractivity contribution in [2.75, 3.05) is 19.7 Å². The van der Waals surface area contributed by atoms with Crippen molar-refractivity contribution in [3.8, 4) is 5.75 Å². The highest BCUT2D eigenvalue weighted by Crippen LogP contribution is 2.27. The summed E-state index contributed by atoms with van der Waals surface area (Å²) in [5, 5.41) is 3.69. The van der Waals surface area contributed by atoms with Gasteiger partial charge in [-0.2, -0.15) is 0 Å².